The van der Waals surface area contributed by atoms with Crippen LogP contribution >= 0.6 is 11.8 Å². The number of nitrogens with one attached hydrogen (secondary N) is 1. The second-order valence-corrected chi connectivity index (χ2v) is 4.24. The Kier molecular flexibility index (Phi) is 2.74. The summed E-state index contributed by atoms with van der Waals surface area (Å²) in [6.45, 7) is 0. The Morgan fingerprint density at radius 2 is 2.31 bits per heavy atom. The number of hydrogen-bond acceptors (Lipinski definition) is 3. The van der Waals surface area contributed by atoms with Crippen molar-refractivity contribution in [3.63, 3.8) is 0 Å². The zero-order valence-corrected chi connectivity index (χ0v) is 8.60. The van der Waals surface area contributed by atoms with Crippen LogP contribution in [0.2, 0.25) is 0 Å². The Labute approximate surface area is 83.1 Å². The van der Waals surface area contributed by atoms with Crippen molar-refractivity contribution in [2.75, 3.05) is 11.6 Å². The van der Waals surface area contributed by atoms with Gasteiger partial charge in [0.15, 0.2) is 0 Å². The fourth-order valence-electron chi connectivity index (χ4n) is 1.35. The van der Waals surface area contributed by atoms with E-state index in [-0.39, 0.29) is 0 Å². The van der Waals surface area contributed by atoms with Crippen molar-refractivity contribution in [2.45, 2.75) is 30.2 Å². The lowest BCUT2D eigenvalue weighted by Gasteiger charge is -2.26. The van der Waals surface area contributed by atoms with Gasteiger partial charge in [-0.3, -0.25) is 0 Å². The second kappa shape index (κ2) is 4.01. The lowest BCUT2D eigenvalue weighted by molar-refractivity contribution is 0.444. The van der Waals surface area contributed by atoms with Crippen LogP contribution in [-0.2, 0) is 0 Å². The predicted octanol–water partition coefficient (Wildman–Crippen LogP) is 2.77. The van der Waals surface area contributed by atoms with Crippen molar-refractivity contribution in [1.82, 2.24) is 4.98 Å². The number of rotatable bonds is 3. The maximum Gasteiger partial charge on any atom is 0.126 e. The molecule has 70 valence electrons. The Hall–Kier alpha value is -0.700. The molecule has 1 aliphatic rings. The van der Waals surface area contributed by atoms with Crippen molar-refractivity contribution < 1.29 is 0 Å². The summed E-state index contributed by atoms with van der Waals surface area (Å²) in [5.41, 5.74) is 0. The standard InChI is InChI=1S/C10H14N2S/c1-13-9-5-6-10(11-7-9)12-8-3-2-4-8/h5-8H,2-4H2,1H3,(H,11,12). The van der Waals surface area contributed by atoms with Gasteiger partial charge in [0.2, 0.25) is 0 Å². The van der Waals surface area contributed by atoms with Crippen LogP contribution in [0.1, 0.15) is 19.3 Å². The monoisotopic (exact) mass is 194 g/mol. The van der Waals surface area contributed by atoms with E-state index in [0.29, 0.717) is 6.04 Å². The summed E-state index contributed by atoms with van der Waals surface area (Å²) in [5.74, 6) is 1.02. The van der Waals surface area contributed by atoms with Gasteiger partial charge in [0.25, 0.3) is 0 Å². The quantitative estimate of drug-likeness (QED) is 0.749. The Bertz CT molecular complexity index is 267. The molecule has 0 spiro atoms. The van der Waals surface area contributed by atoms with Gasteiger partial charge in [0, 0.05) is 17.1 Å². The third-order valence-electron chi connectivity index (χ3n) is 2.43. The summed E-state index contributed by atoms with van der Waals surface area (Å²) in [7, 11) is 0. The molecular formula is C10H14N2S. The average molecular weight is 194 g/mol. The summed E-state index contributed by atoms with van der Waals surface area (Å²) in [6.07, 6.45) is 7.94. The van der Waals surface area contributed by atoms with Crippen LogP contribution in [0.15, 0.2) is 23.2 Å². The van der Waals surface area contributed by atoms with Crippen molar-refractivity contribution >= 4 is 17.6 Å². The Morgan fingerprint density at radius 3 is 2.77 bits per heavy atom. The third kappa shape index (κ3) is 2.15. The smallest absolute Gasteiger partial charge is 0.126 e. The molecule has 1 aliphatic carbocycles. The molecule has 0 radical (unpaired) electrons. The molecule has 0 atom stereocenters. The summed E-state index contributed by atoms with van der Waals surface area (Å²) < 4.78 is 0. The summed E-state index contributed by atoms with van der Waals surface area (Å²) >= 11 is 1.73. The van der Waals surface area contributed by atoms with Gasteiger partial charge in [-0.1, -0.05) is 0 Å². The molecule has 2 rings (SSSR count). The molecule has 1 fully saturated rings. The van der Waals surface area contributed by atoms with Crippen LogP contribution in [0.3, 0.4) is 0 Å². The van der Waals surface area contributed by atoms with Crippen LogP contribution in [0.4, 0.5) is 5.82 Å². The van der Waals surface area contributed by atoms with Crippen LogP contribution in [0, 0.1) is 0 Å². The Balaban J connectivity index is 1.96. The molecule has 1 N–H and O–H groups in total. The average Bonchev–Trinajstić information content (AvgIpc) is 2.12. The van der Waals surface area contributed by atoms with E-state index >= 15 is 0 Å². The number of nitrogens with zero attached hydrogens (tertiary/aromatic N) is 1. The highest BCUT2D eigenvalue weighted by molar-refractivity contribution is 7.98. The molecule has 0 saturated heterocycles. The van der Waals surface area contributed by atoms with Crippen molar-refractivity contribution in [3.8, 4) is 0 Å². The third-order valence-corrected chi connectivity index (χ3v) is 3.14. The minimum atomic E-state index is 0.674. The SMILES string of the molecule is CSc1ccc(NC2CCC2)nc1. The van der Waals surface area contributed by atoms with Gasteiger partial charge < -0.3 is 5.32 Å². The normalized spacial score (nSPS) is 16.7. The lowest BCUT2D eigenvalue weighted by Crippen LogP contribution is -2.27. The molecule has 2 nitrogen and oxygen atoms in total. The van der Waals surface area contributed by atoms with Gasteiger partial charge in [-0.2, -0.15) is 0 Å². The minimum Gasteiger partial charge on any atom is -0.367 e. The maximum atomic E-state index is 4.34. The highest BCUT2D eigenvalue weighted by atomic mass is 32.2. The molecule has 0 aromatic carbocycles. The maximum absolute atomic E-state index is 4.34. The number of aromatic nitrogens is 1. The largest absolute Gasteiger partial charge is 0.367 e. The van der Waals surface area contributed by atoms with Gasteiger partial charge in [-0.25, -0.2) is 4.98 Å². The highest BCUT2D eigenvalue weighted by Crippen LogP contribution is 2.23. The van der Waals surface area contributed by atoms with E-state index in [4.69, 9.17) is 0 Å². The summed E-state index contributed by atoms with van der Waals surface area (Å²) in [4.78, 5) is 5.56. The molecule has 1 aromatic rings. The van der Waals surface area contributed by atoms with Gasteiger partial charge >= 0.3 is 0 Å². The van der Waals surface area contributed by atoms with E-state index in [2.05, 4.69) is 28.7 Å². The molecule has 13 heavy (non-hydrogen) atoms. The first-order valence-corrected chi connectivity index (χ1v) is 5.87. The highest BCUT2D eigenvalue weighted by Gasteiger charge is 2.16. The van der Waals surface area contributed by atoms with Crippen LogP contribution in [-0.4, -0.2) is 17.3 Å². The van der Waals surface area contributed by atoms with E-state index in [9.17, 15) is 0 Å². The fraction of sp³-hybridized carbons (Fsp3) is 0.500. The van der Waals surface area contributed by atoms with E-state index in [1.807, 2.05) is 6.20 Å². The molecule has 0 unspecified atom stereocenters. The summed E-state index contributed by atoms with van der Waals surface area (Å²) in [5, 5.41) is 3.41. The minimum absolute atomic E-state index is 0.674. The van der Waals surface area contributed by atoms with Crippen molar-refractivity contribution in [3.05, 3.63) is 18.3 Å². The van der Waals surface area contributed by atoms with E-state index in [1.54, 1.807) is 11.8 Å². The van der Waals surface area contributed by atoms with Crippen molar-refractivity contribution in [1.29, 1.82) is 0 Å². The first-order chi connectivity index (χ1) is 6.38. The molecule has 0 amide bonds. The fourth-order valence-corrected chi connectivity index (χ4v) is 1.71. The van der Waals surface area contributed by atoms with Crippen LogP contribution in [0.5, 0.6) is 0 Å². The topological polar surface area (TPSA) is 24.9 Å². The van der Waals surface area contributed by atoms with E-state index < -0.39 is 0 Å². The zero-order chi connectivity index (χ0) is 9.10. The molecule has 0 aliphatic heterocycles. The van der Waals surface area contributed by atoms with Crippen LogP contribution < -0.4 is 5.32 Å². The van der Waals surface area contributed by atoms with Crippen molar-refractivity contribution in [2.24, 2.45) is 0 Å². The second-order valence-electron chi connectivity index (χ2n) is 3.36. The van der Waals surface area contributed by atoms with Gasteiger partial charge in [0.05, 0.1) is 0 Å². The molecule has 3 heteroatoms. The summed E-state index contributed by atoms with van der Waals surface area (Å²) in [6, 6.07) is 4.84. The van der Waals surface area contributed by atoms with Gasteiger partial charge in [0.1, 0.15) is 5.82 Å². The van der Waals surface area contributed by atoms with Crippen LogP contribution in [0.25, 0.3) is 0 Å². The number of thioether (sulfide) groups is 1. The van der Waals surface area contributed by atoms with Gasteiger partial charge in [-0.15, -0.1) is 11.8 Å². The predicted molar refractivity (Wildman–Crippen MR) is 57.3 cm³/mol. The molecule has 1 heterocycles. The van der Waals surface area contributed by atoms with E-state index in [1.165, 1.54) is 24.2 Å². The molecule has 1 saturated carbocycles. The van der Waals surface area contributed by atoms with E-state index in [0.717, 1.165) is 5.82 Å². The zero-order valence-electron chi connectivity index (χ0n) is 7.79. The molecule has 1 aromatic heterocycles. The number of hydrogen-bond donors (Lipinski definition) is 1. The molecular weight excluding hydrogens is 180 g/mol. The number of anilines is 1. The number of pyridine rings is 1. The Morgan fingerprint density at radius 1 is 1.46 bits per heavy atom. The lowest BCUT2D eigenvalue weighted by atomic mass is 9.93. The molecule has 0 bridgehead atoms. The first kappa shape index (κ1) is 8.88. The first-order valence-electron chi connectivity index (χ1n) is 4.65. The van der Waals surface area contributed by atoms with Gasteiger partial charge in [-0.05, 0) is 37.7 Å².